The van der Waals surface area contributed by atoms with E-state index < -0.39 is 0 Å². The van der Waals surface area contributed by atoms with E-state index in [4.69, 9.17) is 0 Å². The van der Waals surface area contributed by atoms with Gasteiger partial charge in [-0.25, -0.2) is 0 Å². The van der Waals surface area contributed by atoms with Gasteiger partial charge in [0.25, 0.3) is 0 Å². The molecule has 0 saturated heterocycles. The Morgan fingerprint density at radius 2 is 2.17 bits per heavy atom. The highest BCUT2D eigenvalue weighted by Gasteiger charge is 2.46. The first-order valence-corrected chi connectivity index (χ1v) is 9.22. The molecule has 0 radical (unpaired) electrons. The molecule has 0 unspecified atom stereocenters. The predicted molar refractivity (Wildman–Crippen MR) is 95.4 cm³/mol. The number of carbonyl (C=O) groups is 1. The average molecular weight is 342 g/mol. The van der Waals surface area contributed by atoms with E-state index in [1.165, 1.54) is 9.75 Å². The molecule has 2 aromatic heterocycles. The Morgan fingerprint density at radius 1 is 1.33 bits per heavy atom. The number of nitrogens with zero attached hydrogens (tertiary/aromatic N) is 4. The average Bonchev–Trinajstić information content (AvgIpc) is 3.27. The monoisotopic (exact) mass is 342 g/mol. The van der Waals surface area contributed by atoms with Crippen molar-refractivity contribution in [3.8, 4) is 0 Å². The molecule has 2 atom stereocenters. The lowest BCUT2D eigenvalue weighted by Gasteiger charge is -2.29. The van der Waals surface area contributed by atoms with Gasteiger partial charge in [-0.3, -0.25) is 4.79 Å². The lowest BCUT2D eigenvalue weighted by Crippen LogP contribution is -2.37. The van der Waals surface area contributed by atoms with Crippen LogP contribution in [0.2, 0.25) is 0 Å². The van der Waals surface area contributed by atoms with Crippen molar-refractivity contribution in [1.29, 1.82) is 0 Å². The number of hydrogen-bond acceptors (Lipinski definition) is 5. The van der Waals surface area contributed by atoms with Gasteiger partial charge in [-0.15, -0.1) is 16.4 Å². The minimum absolute atomic E-state index is 0.174. The van der Waals surface area contributed by atoms with Crippen LogP contribution in [0, 0.1) is 12.8 Å². The number of aromatic nitrogens is 2. The van der Waals surface area contributed by atoms with E-state index in [2.05, 4.69) is 35.3 Å². The number of hydrogen-bond donors (Lipinski definition) is 0. The minimum Gasteiger partial charge on any atom is -0.361 e. The summed E-state index contributed by atoms with van der Waals surface area (Å²) >= 11 is 1.83. The maximum Gasteiger partial charge on any atom is 0.226 e. The highest BCUT2D eigenvalue weighted by atomic mass is 32.1. The van der Waals surface area contributed by atoms with Crippen molar-refractivity contribution >= 4 is 23.1 Å². The molecule has 1 saturated carbocycles. The smallest absolute Gasteiger partial charge is 0.226 e. The molecule has 0 bridgehead atoms. The van der Waals surface area contributed by atoms with Crippen LogP contribution in [-0.2, 0) is 17.8 Å². The van der Waals surface area contributed by atoms with E-state index in [1.807, 2.05) is 35.2 Å². The summed E-state index contributed by atoms with van der Waals surface area (Å²) in [5.41, 5.74) is 2.17. The molecular weight excluding hydrogens is 320 g/mol. The second-order valence-electron chi connectivity index (χ2n) is 6.98. The molecule has 1 aliphatic heterocycles. The van der Waals surface area contributed by atoms with Crippen molar-refractivity contribution in [2.45, 2.75) is 32.2 Å². The Labute approximate surface area is 146 Å². The molecule has 0 N–H and O–H groups in total. The second kappa shape index (κ2) is 5.84. The van der Waals surface area contributed by atoms with Gasteiger partial charge in [0.05, 0.1) is 5.69 Å². The summed E-state index contributed by atoms with van der Waals surface area (Å²) in [5, 5.41) is 8.57. The molecule has 24 heavy (non-hydrogen) atoms. The summed E-state index contributed by atoms with van der Waals surface area (Å²) in [7, 11) is 3.92. The SMILES string of the molecule is Cc1ccc([C@H]2C[C@H]2C(=O)N2CCc3nnc(N(C)C)cc3C2)s1. The lowest BCUT2D eigenvalue weighted by atomic mass is 10.1. The van der Waals surface area contributed by atoms with Gasteiger partial charge in [0, 0.05) is 55.2 Å². The van der Waals surface area contributed by atoms with Crippen LogP contribution in [-0.4, -0.2) is 41.6 Å². The van der Waals surface area contributed by atoms with Crippen molar-refractivity contribution in [3.63, 3.8) is 0 Å². The summed E-state index contributed by atoms with van der Waals surface area (Å²) in [5.74, 6) is 1.76. The third-order valence-electron chi connectivity index (χ3n) is 4.93. The topological polar surface area (TPSA) is 49.3 Å². The highest BCUT2D eigenvalue weighted by molar-refractivity contribution is 7.12. The molecule has 4 rings (SSSR count). The van der Waals surface area contributed by atoms with Gasteiger partial charge in [0.15, 0.2) is 5.82 Å². The van der Waals surface area contributed by atoms with Crippen LogP contribution in [0.5, 0.6) is 0 Å². The predicted octanol–water partition coefficient (Wildman–Crippen LogP) is 2.60. The second-order valence-corrected chi connectivity index (χ2v) is 8.30. The van der Waals surface area contributed by atoms with Crippen LogP contribution in [0.1, 0.15) is 33.4 Å². The van der Waals surface area contributed by atoms with Gasteiger partial charge >= 0.3 is 0 Å². The number of anilines is 1. The van der Waals surface area contributed by atoms with E-state index in [0.717, 1.165) is 36.5 Å². The fraction of sp³-hybridized carbons (Fsp3) is 0.500. The molecule has 0 aromatic carbocycles. The Balaban J connectivity index is 1.46. The number of amides is 1. The third kappa shape index (κ3) is 2.79. The minimum atomic E-state index is 0.174. The van der Waals surface area contributed by atoms with Crippen molar-refractivity contribution in [3.05, 3.63) is 39.2 Å². The van der Waals surface area contributed by atoms with E-state index in [1.54, 1.807) is 0 Å². The van der Waals surface area contributed by atoms with Crippen molar-refractivity contribution < 1.29 is 4.79 Å². The normalized spacial score (nSPS) is 22.2. The van der Waals surface area contributed by atoms with Gasteiger partial charge < -0.3 is 9.80 Å². The molecule has 6 heteroatoms. The molecule has 1 aliphatic carbocycles. The summed E-state index contributed by atoms with van der Waals surface area (Å²) < 4.78 is 0. The highest BCUT2D eigenvalue weighted by Crippen LogP contribution is 2.50. The summed E-state index contributed by atoms with van der Waals surface area (Å²) in [4.78, 5) is 19.5. The summed E-state index contributed by atoms with van der Waals surface area (Å²) in [6.45, 7) is 3.55. The van der Waals surface area contributed by atoms with E-state index in [-0.39, 0.29) is 5.92 Å². The van der Waals surface area contributed by atoms with E-state index >= 15 is 0 Å². The van der Waals surface area contributed by atoms with Crippen LogP contribution >= 0.6 is 11.3 Å². The van der Waals surface area contributed by atoms with Gasteiger partial charge in [-0.1, -0.05) is 0 Å². The molecule has 2 aliphatic rings. The largest absolute Gasteiger partial charge is 0.361 e. The van der Waals surface area contributed by atoms with Gasteiger partial charge in [-0.2, -0.15) is 5.10 Å². The van der Waals surface area contributed by atoms with Crippen LogP contribution in [0.4, 0.5) is 5.82 Å². The molecule has 0 spiro atoms. The molecule has 3 heterocycles. The van der Waals surface area contributed by atoms with Gasteiger partial charge in [-0.05, 0) is 37.1 Å². The first-order valence-electron chi connectivity index (χ1n) is 8.41. The lowest BCUT2D eigenvalue weighted by molar-refractivity contribution is -0.133. The standard InChI is InChI=1S/C18H22N4OS/c1-11-4-5-16(24-11)13-9-14(13)18(23)22-7-6-15-12(10-22)8-17(20-19-15)21(2)3/h4-5,8,13-14H,6-7,9-10H2,1-3H3/t13-,14+/m0/s1. The summed E-state index contributed by atoms with van der Waals surface area (Å²) in [6.07, 6.45) is 1.80. The Kier molecular flexibility index (Phi) is 3.79. The van der Waals surface area contributed by atoms with Crippen molar-refractivity contribution in [1.82, 2.24) is 15.1 Å². The fourth-order valence-electron chi connectivity index (χ4n) is 3.39. The number of aryl methyl sites for hydroxylation is 1. The zero-order valence-electron chi connectivity index (χ0n) is 14.3. The Hall–Kier alpha value is -1.95. The summed E-state index contributed by atoms with van der Waals surface area (Å²) in [6, 6.07) is 6.40. The molecule has 2 aromatic rings. The van der Waals surface area contributed by atoms with E-state index in [0.29, 0.717) is 18.4 Å². The zero-order valence-corrected chi connectivity index (χ0v) is 15.1. The maximum atomic E-state index is 12.9. The first-order chi connectivity index (χ1) is 11.5. The first kappa shape index (κ1) is 15.6. The molecule has 1 fully saturated rings. The Bertz CT molecular complexity index is 785. The molecule has 126 valence electrons. The number of rotatable bonds is 3. The quantitative estimate of drug-likeness (QED) is 0.860. The maximum absolute atomic E-state index is 12.9. The van der Waals surface area contributed by atoms with E-state index in [9.17, 15) is 4.79 Å². The number of thiophene rings is 1. The van der Waals surface area contributed by atoms with Crippen molar-refractivity contribution in [2.24, 2.45) is 5.92 Å². The number of fused-ring (bicyclic) bond motifs is 1. The van der Waals surface area contributed by atoms with Gasteiger partial charge in [0.2, 0.25) is 5.91 Å². The van der Waals surface area contributed by atoms with Crippen LogP contribution in [0.15, 0.2) is 18.2 Å². The van der Waals surface area contributed by atoms with Crippen LogP contribution in [0.25, 0.3) is 0 Å². The van der Waals surface area contributed by atoms with Crippen LogP contribution < -0.4 is 4.90 Å². The van der Waals surface area contributed by atoms with Crippen molar-refractivity contribution in [2.75, 3.05) is 25.5 Å². The van der Waals surface area contributed by atoms with Crippen LogP contribution in [0.3, 0.4) is 0 Å². The number of carbonyl (C=O) groups excluding carboxylic acids is 1. The third-order valence-corrected chi connectivity index (χ3v) is 6.06. The molecule has 5 nitrogen and oxygen atoms in total. The molecular formula is C18H22N4OS. The molecule has 1 amide bonds. The Morgan fingerprint density at radius 3 is 2.88 bits per heavy atom. The van der Waals surface area contributed by atoms with Gasteiger partial charge in [0.1, 0.15) is 0 Å². The fourth-order valence-corrected chi connectivity index (χ4v) is 4.45. The zero-order chi connectivity index (χ0) is 16.8.